The van der Waals surface area contributed by atoms with Crippen LogP contribution in [-0.2, 0) is 6.42 Å². The van der Waals surface area contributed by atoms with E-state index in [0.717, 1.165) is 21.7 Å². The van der Waals surface area contributed by atoms with Crippen molar-refractivity contribution < 1.29 is 4.79 Å². The normalized spacial score (nSPS) is 10.3. The summed E-state index contributed by atoms with van der Waals surface area (Å²) in [5, 5.41) is 5.91. The molecule has 6 heteroatoms. The van der Waals surface area contributed by atoms with Gasteiger partial charge in [-0.3, -0.25) is 4.79 Å². The Hall–Kier alpha value is -1.27. The average molecular weight is 326 g/mol. The Labute approximate surface area is 118 Å². The summed E-state index contributed by atoms with van der Waals surface area (Å²) in [6.07, 6.45) is 2.30. The number of pyridine rings is 1. The number of amides is 1. The summed E-state index contributed by atoms with van der Waals surface area (Å²) in [5.41, 5.74) is 1.58. The summed E-state index contributed by atoms with van der Waals surface area (Å²) in [7, 11) is 0. The lowest BCUT2D eigenvalue weighted by molar-refractivity contribution is 0.0953. The van der Waals surface area contributed by atoms with Gasteiger partial charge >= 0.3 is 0 Å². The van der Waals surface area contributed by atoms with Crippen LogP contribution >= 0.6 is 27.3 Å². The molecule has 1 amide bonds. The Morgan fingerprint density at radius 2 is 2.33 bits per heavy atom. The molecule has 0 saturated heterocycles. The molecule has 2 rings (SSSR count). The highest BCUT2D eigenvalue weighted by Gasteiger charge is 2.05. The fraction of sp³-hybridized carbons (Fsp3) is 0.250. The molecule has 0 unspecified atom stereocenters. The molecular formula is C12H12BrN3OS. The fourth-order valence-electron chi connectivity index (χ4n) is 1.44. The molecule has 2 heterocycles. The molecule has 0 spiro atoms. The predicted molar refractivity (Wildman–Crippen MR) is 74.8 cm³/mol. The van der Waals surface area contributed by atoms with Gasteiger partial charge in [-0.25, -0.2) is 9.97 Å². The van der Waals surface area contributed by atoms with Crippen molar-refractivity contribution in [3.8, 4) is 0 Å². The maximum Gasteiger partial charge on any atom is 0.252 e. The van der Waals surface area contributed by atoms with E-state index in [-0.39, 0.29) is 5.91 Å². The van der Waals surface area contributed by atoms with E-state index in [1.54, 1.807) is 29.7 Å². The van der Waals surface area contributed by atoms with E-state index in [0.29, 0.717) is 12.1 Å². The van der Waals surface area contributed by atoms with E-state index in [2.05, 4.69) is 31.2 Å². The first-order valence-corrected chi connectivity index (χ1v) is 7.13. The van der Waals surface area contributed by atoms with Crippen LogP contribution in [0.1, 0.15) is 21.1 Å². The molecule has 0 aliphatic heterocycles. The molecule has 0 aromatic carbocycles. The summed E-state index contributed by atoms with van der Waals surface area (Å²) < 4.78 is 0.719. The molecule has 0 radical (unpaired) electrons. The van der Waals surface area contributed by atoms with Gasteiger partial charge in [0.25, 0.3) is 5.91 Å². The number of thiazole rings is 1. The number of aryl methyl sites for hydroxylation is 1. The summed E-state index contributed by atoms with van der Waals surface area (Å²) >= 11 is 4.85. The summed E-state index contributed by atoms with van der Waals surface area (Å²) in [5.74, 6) is -0.109. The molecule has 4 nitrogen and oxygen atoms in total. The van der Waals surface area contributed by atoms with E-state index in [4.69, 9.17) is 0 Å². The van der Waals surface area contributed by atoms with Crippen LogP contribution in [0.3, 0.4) is 0 Å². The molecule has 2 aromatic heterocycles. The zero-order chi connectivity index (χ0) is 13.0. The fourth-order valence-corrected chi connectivity index (χ4v) is 2.32. The van der Waals surface area contributed by atoms with E-state index < -0.39 is 0 Å². The first kappa shape index (κ1) is 13.2. The lowest BCUT2D eigenvalue weighted by Gasteiger charge is -2.03. The van der Waals surface area contributed by atoms with Gasteiger partial charge in [-0.1, -0.05) is 0 Å². The second-order valence-corrected chi connectivity index (χ2v) is 5.61. The molecule has 0 aliphatic rings. The number of aromatic nitrogens is 2. The van der Waals surface area contributed by atoms with E-state index in [9.17, 15) is 4.79 Å². The summed E-state index contributed by atoms with van der Waals surface area (Å²) in [6, 6.07) is 3.48. The number of nitrogens with one attached hydrogen (secondary N) is 1. The Balaban J connectivity index is 1.83. The number of carbonyl (C=O) groups excluding carboxylic acids is 1. The highest BCUT2D eigenvalue weighted by molar-refractivity contribution is 9.10. The standard InChI is InChI=1S/C12H12BrN3OS/c1-8-16-10(7-18-8)4-5-14-12(17)9-2-3-11(13)15-6-9/h2-3,6-7H,4-5H2,1H3,(H,14,17). The Bertz CT molecular complexity index is 539. The zero-order valence-electron chi connectivity index (χ0n) is 9.81. The molecule has 0 fully saturated rings. The lowest BCUT2D eigenvalue weighted by atomic mass is 10.2. The van der Waals surface area contributed by atoms with Crippen LogP contribution in [0.15, 0.2) is 28.3 Å². The molecule has 1 N–H and O–H groups in total. The van der Waals surface area contributed by atoms with Crippen LogP contribution in [0.4, 0.5) is 0 Å². The number of halogens is 1. The predicted octanol–water partition coefficient (Wildman–Crippen LogP) is 2.58. The molecule has 94 valence electrons. The van der Waals surface area contributed by atoms with Gasteiger partial charge in [0.2, 0.25) is 0 Å². The van der Waals surface area contributed by atoms with Gasteiger partial charge in [0, 0.05) is 24.5 Å². The zero-order valence-corrected chi connectivity index (χ0v) is 12.2. The number of hydrogen-bond acceptors (Lipinski definition) is 4. The first-order valence-electron chi connectivity index (χ1n) is 5.46. The number of nitrogens with zero attached hydrogens (tertiary/aromatic N) is 2. The molecular weight excluding hydrogens is 314 g/mol. The van der Waals surface area contributed by atoms with Gasteiger partial charge in [0.05, 0.1) is 16.3 Å². The maximum atomic E-state index is 11.8. The summed E-state index contributed by atoms with van der Waals surface area (Å²) in [4.78, 5) is 20.1. The minimum Gasteiger partial charge on any atom is -0.352 e. The van der Waals surface area contributed by atoms with E-state index in [1.807, 2.05) is 12.3 Å². The molecule has 0 bridgehead atoms. The van der Waals surface area contributed by atoms with Crippen LogP contribution in [0, 0.1) is 6.92 Å². The lowest BCUT2D eigenvalue weighted by Crippen LogP contribution is -2.25. The third-order valence-corrected chi connectivity index (χ3v) is 3.61. The van der Waals surface area contributed by atoms with E-state index >= 15 is 0 Å². The van der Waals surface area contributed by atoms with E-state index in [1.165, 1.54) is 0 Å². The third kappa shape index (κ3) is 3.61. The van der Waals surface area contributed by atoms with Crippen molar-refractivity contribution in [3.05, 3.63) is 44.6 Å². The van der Waals surface area contributed by atoms with Gasteiger partial charge < -0.3 is 5.32 Å². The average Bonchev–Trinajstić information content (AvgIpc) is 2.76. The van der Waals surface area contributed by atoms with Crippen LogP contribution in [0.25, 0.3) is 0 Å². The number of rotatable bonds is 4. The van der Waals surface area contributed by atoms with Crippen LogP contribution in [-0.4, -0.2) is 22.4 Å². The van der Waals surface area contributed by atoms with Gasteiger partial charge in [-0.15, -0.1) is 11.3 Å². The first-order chi connectivity index (χ1) is 8.65. The van der Waals surface area contributed by atoms with Gasteiger partial charge in [-0.05, 0) is 35.0 Å². The quantitative estimate of drug-likeness (QED) is 0.879. The van der Waals surface area contributed by atoms with Crippen molar-refractivity contribution in [2.75, 3.05) is 6.54 Å². The minimum atomic E-state index is -0.109. The van der Waals surface area contributed by atoms with Crippen molar-refractivity contribution in [3.63, 3.8) is 0 Å². The molecule has 0 atom stereocenters. The van der Waals surface area contributed by atoms with Gasteiger partial charge in [0.15, 0.2) is 0 Å². The van der Waals surface area contributed by atoms with Crippen molar-refractivity contribution in [1.29, 1.82) is 0 Å². The molecule has 0 aliphatic carbocycles. The monoisotopic (exact) mass is 325 g/mol. The largest absolute Gasteiger partial charge is 0.352 e. The second kappa shape index (κ2) is 6.06. The van der Waals surface area contributed by atoms with Crippen LogP contribution < -0.4 is 5.32 Å². The maximum absolute atomic E-state index is 11.8. The van der Waals surface area contributed by atoms with Crippen molar-refractivity contribution in [2.45, 2.75) is 13.3 Å². The summed E-state index contributed by atoms with van der Waals surface area (Å²) in [6.45, 7) is 2.55. The highest BCUT2D eigenvalue weighted by Crippen LogP contribution is 2.08. The van der Waals surface area contributed by atoms with Gasteiger partial charge in [-0.2, -0.15) is 0 Å². The molecule has 2 aromatic rings. The molecule has 18 heavy (non-hydrogen) atoms. The number of carbonyl (C=O) groups is 1. The topological polar surface area (TPSA) is 54.9 Å². The number of hydrogen-bond donors (Lipinski definition) is 1. The highest BCUT2D eigenvalue weighted by atomic mass is 79.9. The minimum absolute atomic E-state index is 0.109. The Kier molecular flexibility index (Phi) is 4.43. The van der Waals surface area contributed by atoms with Crippen molar-refractivity contribution in [2.24, 2.45) is 0 Å². The second-order valence-electron chi connectivity index (χ2n) is 3.73. The third-order valence-electron chi connectivity index (χ3n) is 2.32. The Morgan fingerprint density at radius 3 is 2.94 bits per heavy atom. The van der Waals surface area contributed by atoms with Crippen molar-refractivity contribution >= 4 is 33.2 Å². The smallest absolute Gasteiger partial charge is 0.252 e. The molecule has 0 saturated carbocycles. The SMILES string of the molecule is Cc1nc(CCNC(=O)c2ccc(Br)nc2)cs1. The van der Waals surface area contributed by atoms with Crippen molar-refractivity contribution in [1.82, 2.24) is 15.3 Å². The van der Waals surface area contributed by atoms with Crippen LogP contribution in [0.5, 0.6) is 0 Å². The Morgan fingerprint density at radius 1 is 1.50 bits per heavy atom. The van der Waals surface area contributed by atoms with Crippen LogP contribution in [0.2, 0.25) is 0 Å². The van der Waals surface area contributed by atoms with Gasteiger partial charge in [0.1, 0.15) is 4.60 Å².